The highest BCUT2D eigenvalue weighted by Crippen LogP contribution is 2.26. The molecule has 0 saturated carbocycles. The van der Waals surface area contributed by atoms with Crippen molar-refractivity contribution in [3.8, 4) is 5.75 Å². The van der Waals surface area contributed by atoms with Crippen molar-refractivity contribution in [2.75, 3.05) is 39.9 Å². The van der Waals surface area contributed by atoms with Crippen molar-refractivity contribution in [2.24, 2.45) is 0 Å². The van der Waals surface area contributed by atoms with E-state index in [-0.39, 0.29) is 6.10 Å². The van der Waals surface area contributed by atoms with Crippen molar-refractivity contribution in [3.05, 3.63) is 28.8 Å². The zero-order valence-electron chi connectivity index (χ0n) is 12.2. The fourth-order valence-electron chi connectivity index (χ4n) is 2.37. The highest BCUT2D eigenvalue weighted by Gasteiger charge is 2.20. The second-order valence-electron chi connectivity index (χ2n) is 4.94. The Morgan fingerprint density at radius 1 is 1.50 bits per heavy atom. The Morgan fingerprint density at radius 3 is 3.10 bits per heavy atom. The highest BCUT2D eigenvalue weighted by molar-refractivity contribution is 6.31. The number of ether oxygens (including phenoxy) is 2. The van der Waals surface area contributed by atoms with Gasteiger partial charge in [0, 0.05) is 30.2 Å². The van der Waals surface area contributed by atoms with Crippen LogP contribution in [0.25, 0.3) is 0 Å². The van der Waals surface area contributed by atoms with E-state index in [0.717, 1.165) is 42.6 Å². The molecule has 0 spiro atoms. The van der Waals surface area contributed by atoms with E-state index in [1.54, 1.807) is 0 Å². The molecule has 0 aromatic heterocycles. The van der Waals surface area contributed by atoms with Crippen LogP contribution in [0.4, 0.5) is 0 Å². The van der Waals surface area contributed by atoms with Gasteiger partial charge in [0.2, 0.25) is 0 Å². The number of morpholine rings is 1. The zero-order chi connectivity index (χ0) is 14.4. The van der Waals surface area contributed by atoms with Crippen LogP contribution in [-0.4, -0.2) is 50.9 Å². The summed E-state index contributed by atoms with van der Waals surface area (Å²) in [6, 6.07) is 5.76. The predicted octanol–water partition coefficient (Wildman–Crippen LogP) is 2.16. The average molecular weight is 299 g/mol. The van der Waals surface area contributed by atoms with Gasteiger partial charge in [0.15, 0.2) is 0 Å². The van der Waals surface area contributed by atoms with Gasteiger partial charge in [-0.15, -0.1) is 0 Å². The van der Waals surface area contributed by atoms with Gasteiger partial charge in [-0.05, 0) is 25.7 Å². The first-order chi connectivity index (χ1) is 9.74. The third kappa shape index (κ3) is 4.09. The van der Waals surface area contributed by atoms with E-state index in [9.17, 15) is 0 Å². The van der Waals surface area contributed by atoms with Crippen LogP contribution in [0.15, 0.2) is 18.2 Å². The first-order valence-electron chi connectivity index (χ1n) is 7.13. The van der Waals surface area contributed by atoms with Gasteiger partial charge in [-0.25, -0.2) is 0 Å². The standard InChI is InChI=1S/C15H23ClN2O2/c1-3-18-7-8-19-12(10-18)11-20-15-6-4-5-14(16)13(15)9-17-2/h4-6,12,17H,3,7-11H2,1-2H3. The molecule has 1 aromatic carbocycles. The molecule has 112 valence electrons. The summed E-state index contributed by atoms with van der Waals surface area (Å²) in [5, 5.41) is 3.85. The molecule has 0 bridgehead atoms. The second kappa shape index (κ2) is 7.84. The molecule has 20 heavy (non-hydrogen) atoms. The Morgan fingerprint density at radius 2 is 2.35 bits per heavy atom. The molecule has 1 aliphatic heterocycles. The molecule has 1 aromatic rings. The van der Waals surface area contributed by atoms with E-state index >= 15 is 0 Å². The molecule has 1 atom stereocenters. The maximum atomic E-state index is 6.22. The monoisotopic (exact) mass is 298 g/mol. The van der Waals surface area contributed by atoms with Gasteiger partial charge in [0.25, 0.3) is 0 Å². The smallest absolute Gasteiger partial charge is 0.125 e. The van der Waals surface area contributed by atoms with Crippen LogP contribution in [0.3, 0.4) is 0 Å². The predicted molar refractivity (Wildman–Crippen MR) is 81.6 cm³/mol. The normalized spacial score (nSPS) is 20.1. The zero-order valence-corrected chi connectivity index (χ0v) is 12.9. The number of likely N-dealkylation sites (N-methyl/N-ethyl adjacent to an activating group) is 1. The number of benzene rings is 1. The summed E-state index contributed by atoms with van der Waals surface area (Å²) in [4.78, 5) is 2.38. The van der Waals surface area contributed by atoms with Crippen LogP contribution < -0.4 is 10.1 Å². The van der Waals surface area contributed by atoms with Crippen LogP contribution in [-0.2, 0) is 11.3 Å². The van der Waals surface area contributed by atoms with Crippen molar-refractivity contribution in [1.82, 2.24) is 10.2 Å². The van der Waals surface area contributed by atoms with Crippen LogP contribution >= 0.6 is 11.6 Å². The first kappa shape index (κ1) is 15.6. The summed E-state index contributed by atoms with van der Waals surface area (Å²) in [7, 11) is 1.90. The summed E-state index contributed by atoms with van der Waals surface area (Å²) in [5.74, 6) is 0.837. The summed E-state index contributed by atoms with van der Waals surface area (Å²) >= 11 is 6.22. The lowest BCUT2D eigenvalue weighted by atomic mass is 10.2. The van der Waals surface area contributed by atoms with Crippen molar-refractivity contribution in [2.45, 2.75) is 19.6 Å². The molecule has 1 fully saturated rings. The molecular formula is C15H23ClN2O2. The van der Waals surface area contributed by atoms with E-state index in [2.05, 4.69) is 17.1 Å². The molecule has 1 heterocycles. The topological polar surface area (TPSA) is 33.7 Å². The fourth-order valence-corrected chi connectivity index (χ4v) is 2.61. The lowest BCUT2D eigenvalue weighted by Gasteiger charge is -2.32. The Bertz CT molecular complexity index is 428. The molecule has 1 N–H and O–H groups in total. The van der Waals surface area contributed by atoms with E-state index in [0.29, 0.717) is 13.2 Å². The van der Waals surface area contributed by atoms with Gasteiger partial charge in [0.1, 0.15) is 18.5 Å². The van der Waals surface area contributed by atoms with Crippen molar-refractivity contribution in [1.29, 1.82) is 0 Å². The van der Waals surface area contributed by atoms with Gasteiger partial charge < -0.3 is 14.8 Å². The number of nitrogens with one attached hydrogen (secondary N) is 1. The summed E-state index contributed by atoms with van der Waals surface area (Å²) < 4.78 is 11.7. The molecular weight excluding hydrogens is 276 g/mol. The van der Waals surface area contributed by atoms with Crippen molar-refractivity contribution in [3.63, 3.8) is 0 Å². The fraction of sp³-hybridized carbons (Fsp3) is 0.600. The molecule has 1 aliphatic rings. The molecule has 0 amide bonds. The second-order valence-corrected chi connectivity index (χ2v) is 5.35. The molecule has 0 radical (unpaired) electrons. The molecule has 1 saturated heterocycles. The minimum Gasteiger partial charge on any atom is -0.490 e. The number of hydrogen-bond acceptors (Lipinski definition) is 4. The third-order valence-electron chi connectivity index (χ3n) is 3.52. The largest absolute Gasteiger partial charge is 0.490 e. The first-order valence-corrected chi connectivity index (χ1v) is 7.51. The minimum absolute atomic E-state index is 0.130. The summed E-state index contributed by atoms with van der Waals surface area (Å²) in [6.07, 6.45) is 0.130. The van der Waals surface area contributed by atoms with Crippen molar-refractivity contribution < 1.29 is 9.47 Å². The van der Waals surface area contributed by atoms with Crippen LogP contribution in [0.5, 0.6) is 5.75 Å². The average Bonchev–Trinajstić information content (AvgIpc) is 2.48. The van der Waals surface area contributed by atoms with E-state index < -0.39 is 0 Å². The van der Waals surface area contributed by atoms with E-state index in [4.69, 9.17) is 21.1 Å². The van der Waals surface area contributed by atoms with E-state index in [1.807, 2.05) is 25.2 Å². The number of hydrogen-bond donors (Lipinski definition) is 1. The Kier molecular flexibility index (Phi) is 6.10. The van der Waals surface area contributed by atoms with Gasteiger partial charge in [-0.2, -0.15) is 0 Å². The Labute approximate surface area is 126 Å². The highest BCUT2D eigenvalue weighted by atomic mass is 35.5. The molecule has 5 heteroatoms. The quantitative estimate of drug-likeness (QED) is 0.873. The molecule has 4 nitrogen and oxygen atoms in total. The van der Waals surface area contributed by atoms with Crippen LogP contribution in [0.1, 0.15) is 12.5 Å². The van der Waals surface area contributed by atoms with Gasteiger partial charge >= 0.3 is 0 Å². The third-order valence-corrected chi connectivity index (χ3v) is 3.88. The Hall–Kier alpha value is -0.810. The lowest BCUT2D eigenvalue weighted by Crippen LogP contribution is -2.44. The van der Waals surface area contributed by atoms with Crippen LogP contribution in [0, 0.1) is 0 Å². The van der Waals surface area contributed by atoms with E-state index in [1.165, 1.54) is 0 Å². The minimum atomic E-state index is 0.130. The van der Waals surface area contributed by atoms with Crippen molar-refractivity contribution >= 4 is 11.6 Å². The molecule has 1 unspecified atom stereocenters. The summed E-state index contributed by atoms with van der Waals surface area (Å²) in [6.45, 7) is 7.21. The Balaban J connectivity index is 1.95. The lowest BCUT2D eigenvalue weighted by molar-refractivity contribution is -0.0465. The van der Waals surface area contributed by atoms with Gasteiger partial charge in [0.05, 0.1) is 6.61 Å². The van der Waals surface area contributed by atoms with Gasteiger partial charge in [-0.1, -0.05) is 24.6 Å². The number of nitrogens with zero attached hydrogens (tertiary/aromatic N) is 1. The molecule has 0 aliphatic carbocycles. The molecule has 2 rings (SSSR count). The number of halogens is 1. The summed E-state index contributed by atoms with van der Waals surface area (Å²) in [5.41, 5.74) is 1.000. The SMILES string of the molecule is CCN1CCOC(COc2cccc(Cl)c2CNC)C1. The van der Waals surface area contributed by atoms with Gasteiger partial charge in [-0.3, -0.25) is 4.90 Å². The maximum Gasteiger partial charge on any atom is 0.125 e. The maximum absolute atomic E-state index is 6.22. The van der Waals surface area contributed by atoms with Crippen LogP contribution in [0.2, 0.25) is 5.02 Å². The number of rotatable bonds is 6.